The van der Waals surface area contributed by atoms with Gasteiger partial charge in [0.1, 0.15) is 5.75 Å². The van der Waals surface area contributed by atoms with Gasteiger partial charge in [-0.15, -0.1) is 0 Å². The molecule has 2 aromatic rings. The number of ketones is 1. The van der Waals surface area contributed by atoms with Crippen molar-refractivity contribution in [1.82, 2.24) is 5.32 Å². The molecule has 41 heavy (non-hydrogen) atoms. The van der Waals surface area contributed by atoms with Gasteiger partial charge in [0.2, 0.25) is 0 Å². The number of rotatable bonds is 11. The average Bonchev–Trinajstić information content (AvgIpc) is 2.92. The first-order chi connectivity index (χ1) is 19.5. The number of hydrogen-bond acceptors (Lipinski definition) is 6. The second-order valence-electron chi connectivity index (χ2n) is 11.3. The molecule has 0 spiro atoms. The van der Waals surface area contributed by atoms with E-state index in [-0.39, 0.29) is 23.1 Å². The van der Waals surface area contributed by atoms with Crippen LogP contribution in [0.5, 0.6) is 5.75 Å². The second-order valence-corrected chi connectivity index (χ2v) is 11.3. The number of aliphatic hydroxyl groups excluding tert-OH is 1. The number of phenols is 1. The third-order valence-corrected chi connectivity index (χ3v) is 7.20. The highest BCUT2D eigenvalue weighted by Crippen LogP contribution is 2.47. The average molecular weight is 566 g/mol. The van der Waals surface area contributed by atoms with Gasteiger partial charge in [0.25, 0.3) is 0 Å². The minimum Gasteiger partial charge on any atom is -0.508 e. The molecule has 1 aliphatic rings. The van der Waals surface area contributed by atoms with E-state index >= 15 is 0 Å². The minimum atomic E-state index is -0.231. The van der Waals surface area contributed by atoms with Crippen LogP contribution in [0.1, 0.15) is 114 Å². The van der Waals surface area contributed by atoms with E-state index in [0.717, 1.165) is 36.2 Å². The summed E-state index contributed by atoms with van der Waals surface area (Å²) in [5.41, 5.74) is 5.82. The molecule has 0 amide bonds. The fraction of sp³-hybridized carbons (Fsp3) is 0.571. The lowest BCUT2D eigenvalue weighted by Crippen LogP contribution is -2.52. The summed E-state index contributed by atoms with van der Waals surface area (Å²) in [5.74, 6) is 1.23. The summed E-state index contributed by atoms with van der Waals surface area (Å²) < 4.78 is 0. The molecule has 3 N–H and O–H groups in total. The molecule has 3 rings (SSSR count). The predicted molar refractivity (Wildman–Crippen MR) is 175 cm³/mol. The molecule has 0 aliphatic heterocycles. The van der Waals surface area contributed by atoms with Crippen LogP contribution in [0.15, 0.2) is 46.6 Å². The van der Waals surface area contributed by atoms with Crippen molar-refractivity contribution in [3.8, 4) is 5.75 Å². The van der Waals surface area contributed by atoms with E-state index in [0.29, 0.717) is 36.8 Å². The lowest BCUT2D eigenvalue weighted by Gasteiger charge is -2.47. The molecule has 0 aromatic heterocycles. The van der Waals surface area contributed by atoms with Crippen molar-refractivity contribution in [1.29, 1.82) is 0 Å². The number of phenolic OH excluding ortho intramolecular Hbond substituents is 1. The van der Waals surface area contributed by atoms with Crippen molar-refractivity contribution in [2.24, 2.45) is 22.0 Å². The smallest absolute Gasteiger partial charge is 0.163 e. The standard InChI is InChI=1S/C17H24N2O.C16H25NO2.C2H6/c1-5-18-19-16(12(2)3)17(10-15(20)11-17)14-8-6-7-13(4)9-14;1-5-13-14(15(18)6-2)7-12(8-16(13)19)10-17-9-11(3)4;1-2/h5-9,12,15,20H,10-11H2,1-4H3;7-8,11,17,19H,5-6,9-10H2,1-4H3;1-2H3/b18-5-,19-16+;;. The van der Waals surface area contributed by atoms with Gasteiger partial charge in [-0.2, -0.15) is 10.2 Å². The maximum atomic E-state index is 11.9. The first kappa shape index (κ1) is 36.2. The summed E-state index contributed by atoms with van der Waals surface area (Å²) >= 11 is 0. The van der Waals surface area contributed by atoms with Gasteiger partial charge in [0.15, 0.2) is 5.78 Å². The molecule has 0 radical (unpaired) electrons. The van der Waals surface area contributed by atoms with Crippen LogP contribution in [-0.4, -0.2) is 40.6 Å². The summed E-state index contributed by atoms with van der Waals surface area (Å²) in [5, 5.41) is 31.8. The van der Waals surface area contributed by atoms with Crippen molar-refractivity contribution in [2.75, 3.05) is 6.54 Å². The SMILES string of the molecule is C/C=N\N=C(/C(C)C)C1(c2cccc(C)c2)CC(O)C1.CC.CCC(=O)c1cc(CNCC(C)C)cc(O)c1CC. The zero-order chi connectivity index (χ0) is 31.2. The second kappa shape index (κ2) is 17.9. The molecule has 0 heterocycles. The zero-order valence-electron chi connectivity index (χ0n) is 27.2. The van der Waals surface area contributed by atoms with E-state index in [2.05, 4.69) is 74.4 Å². The fourth-order valence-electron chi connectivity index (χ4n) is 5.30. The number of carbonyl (C=O) groups is 1. The maximum Gasteiger partial charge on any atom is 0.163 e. The molecular weight excluding hydrogens is 510 g/mol. The highest BCUT2D eigenvalue weighted by molar-refractivity contribution is 5.98. The van der Waals surface area contributed by atoms with Crippen molar-refractivity contribution in [3.63, 3.8) is 0 Å². The Hall–Kier alpha value is -2.83. The summed E-state index contributed by atoms with van der Waals surface area (Å²) in [6, 6.07) is 12.2. The van der Waals surface area contributed by atoms with Gasteiger partial charge in [-0.25, -0.2) is 0 Å². The molecule has 1 saturated carbocycles. The third-order valence-electron chi connectivity index (χ3n) is 7.20. The normalized spacial score (nSPS) is 18.5. The molecule has 6 nitrogen and oxygen atoms in total. The van der Waals surface area contributed by atoms with Crippen LogP contribution in [0.2, 0.25) is 0 Å². The van der Waals surface area contributed by atoms with E-state index < -0.39 is 0 Å². The Bertz CT molecular complexity index is 1150. The Morgan fingerprint density at radius 2 is 1.78 bits per heavy atom. The monoisotopic (exact) mass is 565 g/mol. The Morgan fingerprint density at radius 3 is 2.27 bits per heavy atom. The van der Waals surface area contributed by atoms with Gasteiger partial charge in [0, 0.05) is 35.7 Å². The molecule has 0 atom stereocenters. The number of aliphatic hydroxyl groups is 1. The number of Topliss-reactive ketones (excluding diaryl/α,β-unsaturated/α-hetero) is 1. The van der Waals surface area contributed by atoms with Crippen molar-refractivity contribution >= 4 is 17.7 Å². The first-order valence-electron chi connectivity index (χ1n) is 15.4. The van der Waals surface area contributed by atoms with Gasteiger partial charge < -0.3 is 15.5 Å². The number of aromatic hydroxyl groups is 1. The van der Waals surface area contributed by atoms with E-state index in [1.807, 2.05) is 40.7 Å². The number of benzene rings is 2. The summed E-state index contributed by atoms with van der Waals surface area (Å²) in [7, 11) is 0. The van der Waals surface area contributed by atoms with Crippen LogP contribution in [0.25, 0.3) is 0 Å². The highest BCUT2D eigenvalue weighted by atomic mass is 16.3. The number of hydrogen-bond donors (Lipinski definition) is 3. The number of aryl methyl sites for hydroxylation is 1. The molecule has 0 unspecified atom stereocenters. The van der Waals surface area contributed by atoms with E-state index in [4.69, 9.17) is 0 Å². The Balaban J connectivity index is 0.000000387. The molecule has 0 bridgehead atoms. The zero-order valence-corrected chi connectivity index (χ0v) is 27.2. The molecule has 1 aliphatic carbocycles. The van der Waals surface area contributed by atoms with E-state index in [9.17, 15) is 15.0 Å². The molecule has 6 heteroatoms. The number of carbonyl (C=O) groups excluding carboxylic acids is 1. The molecular formula is C35H55N3O3. The van der Waals surface area contributed by atoms with Gasteiger partial charge >= 0.3 is 0 Å². The third kappa shape index (κ3) is 10.2. The van der Waals surface area contributed by atoms with Crippen molar-refractivity contribution < 1.29 is 15.0 Å². The van der Waals surface area contributed by atoms with Crippen LogP contribution < -0.4 is 5.32 Å². The molecule has 0 saturated heterocycles. The van der Waals surface area contributed by atoms with Gasteiger partial charge in [-0.3, -0.25) is 4.79 Å². The Labute approximate surface area is 249 Å². The largest absolute Gasteiger partial charge is 0.508 e. The minimum absolute atomic E-state index is 0.0952. The van der Waals surface area contributed by atoms with Crippen LogP contribution in [-0.2, 0) is 18.4 Å². The lowest BCUT2D eigenvalue weighted by molar-refractivity contribution is 0.0482. The fourth-order valence-corrected chi connectivity index (χ4v) is 5.30. The Kier molecular flexibility index (Phi) is 15.8. The summed E-state index contributed by atoms with van der Waals surface area (Å²) in [4.78, 5) is 11.9. The maximum absolute atomic E-state index is 11.9. The summed E-state index contributed by atoms with van der Waals surface area (Å²) in [6.45, 7) is 22.0. The predicted octanol–water partition coefficient (Wildman–Crippen LogP) is 7.81. The Morgan fingerprint density at radius 1 is 1.12 bits per heavy atom. The summed E-state index contributed by atoms with van der Waals surface area (Å²) in [6.07, 6.45) is 4.10. The van der Waals surface area contributed by atoms with Crippen molar-refractivity contribution in [2.45, 2.75) is 113 Å². The van der Waals surface area contributed by atoms with E-state index in [1.165, 1.54) is 11.1 Å². The quantitative estimate of drug-likeness (QED) is 0.147. The molecule has 1 fully saturated rings. The van der Waals surface area contributed by atoms with E-state index in [1.54, 1.807) is 12.3 Å². The molecule has 2 aromatic carbocycles. The number of nitrogens with one attached hydrogen (secondary N) is 1. The van der Waals surface area contributed by atoms with Gasteiger partial charge in [-0.05, 0) is 74.8 Å². The first-order valence-corrected chi connectivity index (χ1v) is 15.4. The number of nitrogens with zero attached hydrogens (tertiary/aromatic N) is 2. The van der Waals surface area contributed by atoms with Gasteiger partial charge in [-0.1, -0.05) is 85.2 Å². The van der Waals surface area contributed by atoms with Crippen molar-refractivity contribution in [3.05, 3.63) is 64.2 Å². The van der Waals surface area contributed by atoms with Crippen LogP contribution >= 0.6 is 0 Å². The molecule has 228 valence electrons. The topological polar surface area (TPSA) is 94.3 Å². The lowest BCUT2D eigenvalue weighted by atomic mass is 9.58. The highest BCUT2D eigenvalue weighted by Gasteiger charge is 2.49. The van der Waals surface area contributed by atoms with Crippen LogP contribution in [0, 0.1) is 18.8 Å². The van der Waals surface area contributed by atoms with Gasteiger partial charge in [0.05, 0.1) is 11.8 Å². The van der Waals surface area contributed by atoms with Crippen LogP contribution in [0.3, 0.4) is 0 Å². The van der Waals surface area contributed by atoms with Crippen LogP contribution in [0.4, 0.5) is 0 Å².